The van der Waals surface area contributed by atoms with Crippen LogP contribution in [0.1, 0.15) is 25.8 Å². The monoisotopic (exact) mass is 294 g/mol. The van der Waals surface area contributed by atoms with Crippen molar-refractivity contribution in [3.8, 4) is 5.75 Å². The van der Waals surface area contributed by atoms with Crippen molar-refractivity contribution in [1.29, 1.82) is 0 Å². The summed E-state index contributed by atoms with van der Waals surface area (Å²) in [5.74, 6) is -0.161. The van der Waals surface area contributed by atoms with Gasteiger partial charge in [0.25, 0.3) is 0 Å². The van der Waals surface area contributed by atoms with Gasteiger partial charge in [0.1, 0.15) is 5.75 Å². The fraction of sp³-hybridized carbons (Fsp3) is 0.467. The summed E-state index contributed by atoms with van der Waals surface area (Å²) < 4.78 is 5.15. The van der Waals surface area contributed by atoms with Crippen LogP contribution in [-0.4, -0.2) is 30.3 Å². The molecule has 21 heavy (non-hydrogen) atoms. The number of carbonyl (C=O) groups excluding carboxylic acids is 1. The number of aliphatic carboxylic acids is 1. The third-order valence-corrected chi connectivity index (χ3v) is 3.17. The summed E-state index contributed by atoms with van der Waals surface area (Å²) in [6.45, 7) is 5.61. The molecule has 1 rings (SSSR count). The van der Waals surface area contributed by atoms with Crippen LogP contribution in [0.15, 0.2) is 18.2 Å². The lowest BCUT2D eigenvalue weighted by molar-refractivity contribution is -0.137. The number of aryl methyl sites for hydroxylation is 1. The van der Waals surface area contributed by atoms with Gasteiger partial charge in [-0.2, -0.15) is 0 Å². The normalized spacial score (nSPS) is 11.9. The third kappa shape index (κ3) is 5.33. The molecule has 0 aliphatic carbocycles. The number of nitrogens with one attached hydrogen (secondary N) is 2. The van der Waals surface area contributed by atoms with Gasteiger partial charge in [-0.05, 0) is 36.6 Å². The van der Waals surface area contributed by atoms with Crippen LogP contribution in [0.2, 0.25) is 0 Å². The first kappa shape index (κ1) is 16.8. The summed E-state index contributed by atoms with van der Waals surface area (Å²) in [6.07, 6.45) is -0.104. The van der Waals surface area contributed by atoms with Crippen molar-refractivity contribution >= 4 is 17.7 Å². The molecule has 6 heteroatoms. The van der Waals surface area contributed by atoms with E-state index < -0.39 is 18.0 Å². The maximum Gasteiger partial charge on any atom is 0.319 e. The third-order valence-electron chi connectivity index (χ3n) is 3.17. The number of carbonyl (C=O) groups is 2. The second-order valence-corrected chi connectivity index (χ2v) is 5.23. The minimum absolute atomic E-state index is 0.0319. The van der Waals surface area contributed by atoms with E-state index in [0.29, 0.717) is 5.69 Å². The number of hydrogen-bond acceptors (Lipinski definition) is 3. The van der Waals surface area contributed by atoms with Gasteiger partial charge in [-0.15, -0.1) is 0 Å². The molecule has 1 atom stereocenters. The summed E-state index contributed by atoms with van der Waals surface area (Å²) in [5, 5.41) is 14.2. The van der Waals surface area contributed by atoms with Crippen LogP contribution >= 0.6 is 0 Å². The molecule has 2 amide bonds. The average Bonchev–Trinajstić information content (AvgIpc) is 2.37. The van der Waals surface area contributed by atoms with Crippen LogP contribution in [0.25, 0.3) is 0 Å². The Labute approximate surface area is 124 Å². The number of methoxy groups -OCH3 is 1. The van der Waals surface area contributed by atoms with Crippen LogP contribution in [0.5, 0.6) is 5.75 Å². The smallest absolute Gasteiger partial charge is 0.319 e. The highest BCUT2D eigenvalue weighted by Gasteiger charge is 2.19. The van der Waals surface area contributed by atoms with Crippen molar-refractivity contribution in [1.82, 2.24) is 5.32 Å². The van der Waals surface area contributed by atoms with Gasteiger partial charge in [-0.25, -0.2) is 4.79 Å². The lowest BCUT2D eigenvalue weighted by Crippen LogP contribution is -2.42. The summed E-state index contributed by atoms with van der Waals surface area (Å²) >= 11 is 0. The minimum atomic E-state index is -0.936. The van der Waals surface area contributed by atoms with Gasteiger partial charge in [0, 0.05) is 11.7 Å². The highest BCUT2D eigenvalue weighted by Crippen LogP contribution is 2.21. The van der Waals surface area contributed by atoms with E-state index in [1.807, 2.05) is 20.8 Å². The Morgan fingerprint density at radius 1 is 1.33 bits per heavy atom. The molecule has 6 nitrogen and oxygen atoms in total. The molecular formula is C15H22N2O4. The van der Waals surface area contributed by atoms with Crippen molar-refractivity contribution in [2.75, 3.05) is 12.4 Å². The van der Waals surface area contributed by atoms with Crippen molar-refractivity contribution in [3.63, 3.8) is 0 Å². The standard InChI is InChI=1S/C15H22N2O4/c1-9(2)12(8-14(18)19)17-15(20)16-11-5-6-13(21-4)10(3)7-11/h5-7,9,12H,8H2,1-4H3,(H,18,19)(H2,16,17,20). The zero-order valence-electron chi connectivity index (χ0n) is 12.8. The molecule has 0 spiro atoms. The van der Waals surface area contributed by atoms with Gasteiger partial charge in [-0.1, -0.05) is 13.8 Å². The highest BCUT2D eigenvalue weighted by atomic mass is 16.5. The van der Waals surface area contributed by atoms with Crippen LogP contribution < -0.4 is 15.4 Å². The average molecular weight is 294 g/mol. The fourth-order valence-electron chi connectivity index (χ4n) is 1.93. The molecule has 0 saturated carbocycles. The van der Waals surface area contributed by atoms with E-state index in [0.717, 1.165) is 11.3 Å². The molecule has 0 aliphatic heterocycles. The Kier molecular flexibility index (Phi) is 6.02. The second-order valence-electron chi connectivity index (χ2n) is 5.23. The van der Waals surface area contributed by atoms with Crippen LogP contribution in [0.4, 0.5) is 10.5 Å². The van der Waals surface area contributed by atoms with E-state index in [1.54, 1.807) is 25.3 Å². The first-order valence-corrected chi connectivity index (χ1v) is 6.77. The topological polar surface area (TPSA) is 87.7 Å². The number of rotatable bonds is 6. The molecule has 0 aliphatic rings. The first-order valence-electron chi connectivity index (χ1n) is 6.77. The number of anilines is 1. The zero-order valence-corrected chi connectivity index (χ0v) is 12.8. The number of amides is 2. The zero-order chi connectivity index (χ0) is 16.0. The molecule has 1 unspecified atom stereocenters. The fourth-order valence-corrected chi connectivity index (χ4v) is 1.93. The molecule has 1 aromatic carbocycles. The van der Waals surface area contributed by atoms with Crippen molar-refractivity contribution in [2.24, 2.45) is 5.92 Å². The van der Waals surface area contributed by atoms with E-state index in [1.165, 1.54) is 0 Å². The maximum absolute atomic E-state index is 11.9. The van der Waals surface area contributed by atoms with Gasteiger partial charge < -0.3 is 20.5 Å². The molecular weight excluding hydrogens is 272 g/mol. The number of benzene rings is 1. The number of ether oxygens (including phenoxy) is 1. The first-order chi connectivity index (χ1) is 9.83. The second kappa shape index (κ2) is 7.52. The van der Waals surface area contributed by atoms with Crippen molar-refractivity contribution in [3.05, 3.63) is 23.8 Å². The Balaban J connectivity index is 2.67. The van der Waals surface area contributed by atoms with Crippen molar-refractivity contribution < 1.29 is 19.4 Å². The van der Waals surface area contributed by atoms with Crippen LogP contribution in [0.3, 0.4) is 0 Å². The lowest BCUT2D eigenvalue weighted by atomic mass is 10.0. The molecule has 1 aromatic rings. The van der Waals surface area contributed by atoms with Gasteiger partial charge in [-0.3, -0.25) is 4.79 Å². The van der Waals surface area contributed by atoms with Gasteiger partial charge in [0.2, 0.25) is 0 Å². The van der Waals surface area contributed by atoms with Crippen LogP contribution in [0, 0.1) is 12.8 Å². The predicted octanol–water partition coefficient (Wildman–Crippen LogP) is 2.62. The maximum atomic E-state index is 11.9. The van der Waals surface area contributed by atoms with Crippen LogP contribution in [-0.2, 0) is 4.79 Å². The number of urea groups is 1. The Morgan fingerprint density at radius 3 is 2.48 bits per heavy atom. The van der Waals surface area contributed by atoms with Gasteiger partial charge >= 0.3 is 12.0 Å². The SMILES string of the molecule is COc1ccc(NC(=O)NC(CC(=O)O)C(C)C)cc1C. The van der Waals surface area contributed by atoms with E-state index in [9.17, 15) is 9.59 Å². The predicted molar refractivity (Wildman–Crippen MR) is 80.8 cm³/mol. The molecule has 0 aromatic heterocycles. The van der Waals surface area contributed by atoms with E-state index in [4.69, 9.17) is 9.84 Å². The summed E-state index contributed by atoms with van der Waals surface area (Å²) in [4.78, 5) is 22.7. The number of carboxylic acids is 1. The van der Waals surface area contributed by atoms with E-state index in [2.05, 4.69) is 10.6 Å². The molecule has 0 saturated heterocycles. The van der Waals surface area contributed by atoms with Crippen molar-refractivity contribution in [2.45, 2.75) is 33.2 Å². The van der Waals surface area contributed by atoms with Gasteiger partial charge in [0.15, 0.2) is 0 Å². The number of carboxylic acid groups (broad SMARTS) is 1. The Hall–Kier alpha value is -2.24. The largest absolute Gasteiger partial charge is 0.496 e. The lowest BCUT2D eigenvalue weighted by Gasteiger charge is -2.21. The molecule has 0 fully saturated rings. The molecule has 0 bridgehead atoms. The Morgan fingerprint density at radius 2 is 2.00 bits per heavy atom. The number of hydrogen-bond donors (Lipinski definition) is 3. The molecule has 0 heterocycles. The molecule has 0 radical (unpaired) electrons. The Bertz CT molecular complexity index is 514. The summed E-state index contributed by atoms with van der Waals surface area (Å²) in [6, 6.07) is 4.45. The quantitative estimate of drug-likeness (QED) is 0.752. The summed E-state index contributed by atoms with van der Waals surface area (Å²) in [5.41, 5.74) is 1.53. The van der Waals surface area contributed by atoms with Gasteiger partial charge in [0.05, 0.1) is 13.5 Å². The molecule has 3 N–H and O–H groups in total. The summed E-state index contributed by atoms with van der Waals surface area (Å²) in [7, 11) is 1.58. The minimum Gasteiger partial charge on any atom is -0.496 e. The van der Waals surface area contributed by atoms with E-state index in [-0.39, 0.29) is 12.3 Å². The highest BCUT2D eigenvalue weighted by molar-refractivity contribution is 5.90. The molecule has 116 valence electrons. The van der Waals surface area contributed by atoms with E-state index >= 15 is 0 Å².